The fourth-order valence-electron chi connectivity index (χ4n) is 4.41. The Morgan fingerprint density at radius 3 is 2.69 bits per heavy atom. The van der Waals surface area contributed by atoms with Gasteiger partial charge in [-0.25, -0.2) is 8.42 Å². The van der Waals surface area contributed by atoms with E-state index in [1.165, 1.54) is 29.8 Å². The molecule has 3 rings (SSSR count). The zero-order valence-electron chi connectivity index (χ0n) is 15.4. The lowest BCUT2D eigenvalue weighted by atomic mass is 9.95. The third-order valence-electron chi connectivity index (χ3n) is 5.76. The van der Waals surface area contributed by atoms with Gasteiger partial charge in [0, 0.05) is 24.0 Å². The van der Waals surface area contributed by atoms with Crippen molar-refractivity contribution < 1.29 is 13.2 Å². The Labute approximate surface area is 161 Å². The molecule has 1 aromatic rings. The van der Waals surface area contributed by atoms with E-state index in [2.05, 4.69) is 5.32 Å². The molecular weight excluding hydrogens is 372 g/mol. The van der Waals surface area contributed by atoms with Crippen LogP contribution in [0.4, 0.5) is 5.69 Å². The van der Waals surface area contributed by atoms with Crippen molar-refractivity contribution in [1.82, 2.24) is 5.32 Å². The molecule has 2 bridgehead atoms. The summed E-state index contributed by atoms with van der Waals surface area (Å²) in [5.74, 6) is 1.46. The summed E-state index contributed by atoms with van der Waals surface area (Å²) in [5, 5.41) is 3.69. The number of carbonyl (C=O) groups is 1. The summed E-state index contributed by atoms with van der Waals surface area (Å²) in [6.45, 7) is 2.07. The van der Waals surface area contributed by atoms with Gasteiger partial charge in [0.15, 0.2) is 0 Å². The zero-order chi connectivity index (χ0) is 18.9. The molecule has 1 N–H and O–H groups in total. The number of hydrogen-bond donors (Lipinski definition) is 1. The maximum Gasteiger partial charge on any atom is 0.232 e. The van der Waals surface area contributed by atoms with E-state index in [4.69, 9.17) is 11.6 Å². The monoisotopic (exact) mass is 398 g/mol. The molecule has 2 saturated carbocycles. The fraction of sp³-hybridized carbons (Fsp3) is 0.632. The SMILES string of the molecule is Cc1c(Cl)cccc1N(CCCC(=O)N[C@@H]1C[C@@H]2CC[C@@H]1C2)S(C)(=O)=O. The van der Waals surface area contributed by atoms with Gasteiger partial charge in [-0.05, 0) is 62.1 Å². The van der Waals surface area contributed by atoms with E-state index in [1.54, 1.807) is 25.1 Å². The highest BCUT2D eigenvalue weighted by molar-refractivity contribution is 7.92. The first-order chi connectivity index (χ1) is 12.3. The van der Waals surface area contributed by atoms with Crippen molar-refractivity contribution in [2.24, 2.45) is 11.8 Å². The van der Waals surface area contributed by atoms with Gasteiger partial charge in [-0.3, -0.25) is 9.10 Å². The molecule has 1 amide bonds. The third-order valence-corrected chi connectivity index (χ3v) is 7.35. The summed E-state index contributed by atoms with van der Waals surface area (Å²) in [4.78, 5) is 12.3. The molecule has 144 valence electrons. The van der Waals surface area contributed by atoms with E-state index in [9.17, 15) is 13.2 Å². The lowest BCUT2D eigenvalue weighted by Gasteiger charge is -2.25. The number of rotatable bonds is 7. The highest BCUT2D eigenvalue weighted by atomic mass is 35.5. The number of amides is 1. The molecule has 0 aliphatic heterocycles. The molecule has 1 aromatic carbocycles. The van der Waals surface area contributed by atoms with E-state index in [0.29, 0.717) is 35.5 Å². The maximum absolute atomic E-state index is 12.3. The summed E-state index contributed by atoms with van der Waals surface area (Å²) in [5.41, 5.74) is 1.31. The number of benzene rings is 1. The summed E-state index contributed by atoms with van der Waals surface area (Å²) in [6.07, 6.45) is 6.88. The standard InChI is InChI=1S/C19H27ClN2O3S/c1-13-16(20)5-3-6-18(13)22(26(2,24)25)10-4-7-19(23)21-17-12-14-8-9-15(17)11-14/h3,5-6,14-15,17H,4,7-12H2,1-2H3,(H,21,23)/t14-,15-,17-/m1/s1. The van der Waals surface area contributed by atoms with Gasteiger partial charge in [-0.15, -0.1) is 0 Å². The fourth-order valence-corrected chi connectivity index (χ4v) is 5.60. The average Bonchev–Trinajstić information content (AvgIpc) is 3.16. The van der Waals surface area contributed by atoms with Crippen molar-refractivity contribution in [3.63, 3.8) is 0 Å². The van der Waals surface area contributed by atoms with Crippen molar-refractivity contribution >= 4 is 33.2 Å². The van der Waals surface area contributed by atoms with Gasteiger partial charge >= 0.3 is 0 Å². The zero-order valence-corrected chi connectivity index (χ0v) is 16.9. The van der Waals surface area contributed by atoms with Crippen LogP contribution in [0.1, 0.15) is 44.1 Å². The third kappa shape index (κ3) is 4.34. The van der Waals surface area contributed by atoms with Gasteiger partial charge in [-0.1, -0.05) is 24.1 Å². The number of sulfonamides is 1. The summed E-state index contributed by atoms with van der Waals surface area (Å²) < 4.78 is 25.8. The summed E-state index contributed by atoms with van der Waals surface area (Å²) >= 11 is 6.13. The Hall–Kier alpha value is -1.27. The number of carbonyl (C=O) groups excluding carboxylic acids is 1. The molecule has 0 unspecified atom stereocenters. The minimum Gasteiger partial charge on any atom is -0.353 e. The van der Waals surface area contributed by atoms with Crippen LogP contribution in [0.5, 0.6) is 0 Å². The second-order valence-corrected chi connectivity index (χ2v) is 9.99. The molecule has 5 nitrogen and oxygen atoms in total. The molecule has 0 saturated heterocycles. The van der Waals surface area contributed by atoms with E-state index >= 15 is 0 Å². The first kappa shape index (κ1) is 19.5. The molecular formula is C19H27ClN2O3S. The number of fused-ring (bicyclic) bond motifs is 2. The van der Waals surface area contributed by atoms with Crippen LogP contribution < -0.4 is 9.62 Å². The average molecular weight is 399 g/mol. The van der Waals surface area contributed by atoms with Crippen molar-refractivity contribution in [2.45, 2.75) is 51.5 Å². The molecule has 0 heterocycles. The maximum atomic E-state index is 12.3. The second-order valence-electron chi connectivity index (χ2n) is 7.67. The Bertz CT molecular complexity index is 781. The summed E-state index contributed by atoms with van der Waals surface area (Å²) in [6, 6.07) is 5.55. The van der Waals surface area contributed by atoms with Crippen molar-refractivity contribution in [3.8, 4) is 0 Å². The highest BCUT2D eigenvalue weighted by Gasteiger charge is 2.39. The van der Waals surface area contributed by atoms with Crippen LogP contribution in [0.15, 0.2) is 18.2 Å². The molecule has 2 aliphatic carbocycles. The smallest absolute Gasteiger partial charge is 0.232 e. The van der Waals surface area contributed by atoms with E-state index in [0.717, 1.165) is 17.9 Å². The number of nitrogens with one attached hydrogen (secondary N) is 1. The van der Waals surface area contributed by atoms with Crippen LogP contribution in [0.3, 0.4) is 0 Å². The van der Waals surface area contributed by atoms with E-state index < -0.39 is 10.0 Å². The molecule has 2 fully saturated rings. The normalized spacial score (nSPS) is 24.7. The van der Waals surface area contributed by atoms with Crippen molar-refractivity contribution in [1.29, 1.82) is 0 Å². The molecule has 2 aliphatic rings. The van der Waals surface area contributed by atoms with Gasteiger partial charge in [-0.2, -0.15) is 0 Å². The van der Waals surface area contributed by atoms with Crippen molar-refractivity contribution in [3.05, 3.63) is 28.8 Å². The number of anilines is 1. The minimum atomic E-state index is -3.44. The predicted octanol–water partition coefficient (Wildman–Crippen LogP) is 3.50. The van der Waals surface area contributed by atoms with Gasteiger partial charge < -0.3 is 5.32 Å². The second kappa shape index (κ2) is 7.77. The molecule has 26 heavy (non-hydrogen) atoms. The van der Waals surface area contributed by atoms with Crippen LogP contribution in [0, 0.1) is 18.8 Å². The molecule has 0 radical (unpaired) electrons. The number of halogens is 1. The van der Waals surface area contributed by atoms with E-state index in [-0.39, 0.29) is 12.5 Å². The predicted molar refractivity (Wildman–Crippen MR) is 105 cm³/mol. The van der Waals surface area contributed by atoms with Gasteiger partial charge in [0.2, 0.25) is 15.9 Å². The van der Waals surface area contributed by atoms with Gasteiger partial charge in [0.25, 0.3) is 0 Å². The molecule has 3 atom stereocenters. The lowest BCUT2D eigenvalue weighted by Crippen LogP contribution is -2.39. The molecule has 0 aromatic heterocycles. The quantitative estimate of drug-likeness (QED) is 0.764. The van der Waals surface area contributed by atoms with Crippen LogP contribution in [-0.2, 0) is 14.8 Å². The lowest BCUT2D eigenvalue weighted by molar-refractivity contribution is -0.122. The van der Waals surface area contributed by atoms with E-state index in [1.807, 2.05) is 0 Å². The number of hydrogen-bond acceptors (Lipinski definition) is 3. The highest BCUT2D eigenvalue weighted by Crippen LogP contribution is 2.44. The molecule has 7 heteroatoms. The number of nitrogens with zero attached hydrogens (tertiary/aromatic N) is 1. The largest absolute Gasteiger partial charge is 0.353 e. The minimum absolute atomic E-state index is 0.0267. The Kier molecular flexibility index (Phi) is 5.82. The van der Waals surface area contributed by atoms with Crippen LogP contribution in [0.25, 0.3) is 0 Å². The van der Waals surface area contributed by atoms with Crippen LogP contribution in [-0.4, -0.2) is 33.2 Å². The Morgan fingerprint density at radius 1 is 1.31 bits per heavy atom. The topological polar surface area (TPSA) is 66.5 Å². The first-order valence-corrected chi connectivity index (χ1v) is 11.5. The summed E-state index contributed by atoms with van der Waals surface area (Å²) in [7, 11) is -3.44. The van der Waals surface area contributed by atoms with Crippen LogP contribution >= 0.6 is 11.6 Å². The first-order valence-electron chi connectivity index (χ1n) is 9.28. The van der Waals surface area contributed by atoms with Gasteiger partial charge in [0.1, 0.15) is 0 Å². The van der Waals surface area contributed by atoms with Crippen LogP contribution in [0.2, 0.25) is 5.02 Å². The van der Waals surface area contributed by atoms with Gasteiger partial charge in [0.05, 0.1) is 11.9 Å². The Morgan fingerprint density at radius 2 is 2.08 bits per heavy atom. The Balaban J connectivity index is 1.57. The van der Waals surface area contributed by atoms with Crippen molar-refractivity contribution in [2.75, 3.05) is 17.1 Å². The molecule has 0 spiro atoms.